The Kier molecular flexibility index (Phi) is 5.08. The second-order valence-corrected chi connectivity index (χ2v) is 5.20. The van der Waals surface area contributed by atoms with E-state index >= 15 is 0 Å². The first kappa shape index (κ1) is 15.2. The maximum Gasteiger partial charge on any atom is 0.125 e. The molecule has 2 aromatic rings. The fourth-order valence-electron chi connectivity index (χ4n) is 2.43. The van der Waals surface area contributed by atoms with Gasteiger partial charge >= 0.3 is 0 Å². The van der Waals surface area contributed by atoms with Gasteiger partial charge in [-0.3, -0.25) is 0 Å². The lowest BCUT2D eigenvalue weighted by Crippen LogP contribution is -2.27. The maximum absolute atomic E-state index is 13.5. The fraction of sp³-hybridized carbons (Fsp3) is 0.278. The number of rotatable bonds is 5. The highest BCUT2D eigenvalue weighted by molar-refractivity contribution is 5.65. The van der Waals surface area contributed by atoms with Crippen molar-refractivity contribution in [2.45, 2.75) is 26.3 Å². The molecule has 1 atom stereocenters. The Labute approximate surface area is 125 Å². The lowest BCUT2D eigenvalue weighted by molar-refractivity contribution is 0.565. The van der Waals surface area contributed by atoms with E-state index in [1.165, 1.54) is 17.7 Å². The number of halogens is 1. The van der Waals surface area contributed by atoms with Crippen molar-refractivity contribution in [2.24, 2.45) is 0 Å². The minimum absolute atomic E-state index is 0.342. The summed E-state index contributed by atoms with van der Waals surface area (Å²) in [5, 5.41) is 12.3. The van der Waals surface area contributed by atoms with Crippen LogP contribution in [0.1, 0.15) is 25.0 Å². The van der Waals surface area contributed by atoms with Crippen molar-refractivity contribution in [3.05, 3.63) is 59.4 Å². The number of nitrogens with one attached hydrogen (secondary N) is 1. The first-order chi connectivity index (χ1) is 10.1. The van der Waals surface area contributed by atoms with E-state index < -0.39 is 0 Å². The summed E-state index contributed by atoms with van der Waals surface area (Å²) in [6.07, 6.45) is 0.959. The van der Waals surface area contributed by atoms with Crippen molar-refractivity contribution in [3.63, 3.8) is 0 Å². The molecule has 0 spiro atoms. The fourth-order valence-corrected chi connectivity index (χ4v) is 2.43. The average molecular weight is 282 g/mol. The number of hydrogen-bond acceptors (Lipinski definition) is 2. The van der Waals surface area contributed by atoms with Crippen molar-refractivity contribution < 1.29 is 4.39 Å². The zero-order valence-corrected chi connectivity index (χ0v) is 12.4. The standard InChI is InChI=1S/C18H19FN2/c1-3-21-13(2)8-14-4-6-16(7-5-14)17-9-15(12-20)10-18(19)11-17/h4-7,9-11,13,21H,3,8H2,1-2H3. The van der Waals surface area contributed by atoms with Gasteiger partial charge in [-0.05, 0) is 54.8 Å². The molecular formula is C18H19FN2. The molecule has 1 unspecified atom stereocenters. The quantitative estimate of drug-likeness (QED) is 0.902. The summed E-state index contributed by atoms with van der Waals surface area (Å²) in [6, 6.07) is 14.9. The summed E-state index contributed by atoms with van der Waals surface area (Å²) < 4.78 is 13.5. The van der Waals surface area contributed by atoms with Crippen LogP contribution in [-0.2, 0) is 6.42 Å². The topological polar surface area (TPSA) is 35.8 Å². The molecule has 0 aromatic heterocycles. The van der Waals surface area contributed by atoms with Crippen LogP contribution in [0, 0.1) is 17.1 Å². The third-order valence-electron chi connectivity index (χ3n) is 3.41. The Hall–Kier alpha value is -2.18. The normalized spacial score (nSPS) is 11.9. The highest BCUT2D eigenvalue weighted by Gasteiger charge is 2.05. The molecule has 2 rings (SSSR count). The Bertz CT molecular complexity index is 641. The highest BCUT2D eigenvalue weighted by Crippen LogP contribution is 2.22. The lowest BCUT2D eigenvalue weighted by Gasteiger charge is -2.12. The molecule has 1 N–H and O–H groups in total. The highest BCUT2D eigenvalue weighted by atomic mass is 19.1. The second kappa shape index (κ2) is 7.01. The molecule has 0 amide bonds. The summed E-state index contributed by atoms with van der Waals surface area (Å²) in [7, 11) is 0. The van der Waals surface area contributed by atoms with Gasteiger partial charge in [-0.15, -0.1) is 0 Å². The second-order valence-electron chi connectivity index (χ2n) is 5.20. The molecule has 0 aliphatic carbocycles. The Balaban J connectivity index is 2.19. The Morgan fingerprint density at radius 1 is 1.14 bits per heavy atom. The van der Waals surface area contributed by atoms with Gasteiger partial charge in [0.2, 0.25) is 0 Å². The molecule has 108 valence electrons. The number of nitrogens with zero attached hydrogens (tertiary/aromatic N) is 1. The van der Waals surface area contributed by atoms with Crippen LogP contribution in [0.2, 0.25) is 0 Å². The molecule has 0 saturated carbocycles. The summed E-state index contributed by atoms with van der Waals surface area (Å²) in [6.45, 7) is 5.21. The van der Waals surface area contributed by atoms with E-state index in [9.17, 15) is 4.39 Å². The molecule has 21 heavy (non-hydrogen) atoms. The molecule has 2 nitrogen and oxygen atoms in total. The minimum atomic E-state index is -0.381. The summed E-state index contributed by atoms with van der Waals surface area (Å²) in [5.41, 5.74) is 3.24. The molecule has 0 aliphatic heterocycles. The van der Waals surface area contributed by atoms with Crippen LogP contribution in [0.4, 0.5) is 4.39 Å². The van der Waals surface area contributed by atoms with E-state index in [4.69, 9.17) is 5.26 Å². The van der Waals surface area contributed by atoms with Crippen LogP contribution in [0.25, 0.3) is 11.1 Å². The number of hydrogen-bond donors (Lipinski definition) is 1. The number of nitriles is 1. The molecule has 0 bridgehead atoms. The van der Waals surface area contributed by atoms with Gasteiger partial charge in [-0.25, -0.2) is 4.39 Å². The third-order valence-corrected chi connectivity index (χ3v) is 3.41. The summed E-state index contributed by atoms with van der Waals surface area (Å²) in [5.74, 6) is -0.381. The summed E-state index contributed by atoms with van der Waals surface area (Å²) in [4.78, 5) is 0. The van der Waals surface area contributed by atoms with Gasteiger partial charge in [0, 0.05) is 6.04 Å². The van der Waals surface area contributed by atoms with Crippen molar-refractivity contribution in [1.82, 2.24) is 5.32 Å². The Morgan fingerprint density at radius 3 is 2.48 bits per heavy atom. The van der Waals surface area contributed by atoms with E-state index in [-0.39, 0.29) is 5.82 Å². The van der Waals surface area contributed by atoms with E-state index in [1.54, 1.807) is 6.07 Å². The van der Waals surface area contributed by atoms with Gasteiger partial charge in [0.15, 0.2) is 0 Å². The van der Waals surface area contributed by atoms with Crippen molar-refractivity contribution in [1.29, 1.82) is 5.26 Å². The largest absolute Gasteiger partial charge is 0.314 e. The molecule has 2 aromatic carbocycles. The molecule has 3 heteroatoms. The van der Waals surface area contributed by atoms with Gasteiger partial charge < -0.3 is 5.32 Å². The lowest BCUT2D eigenvalue weighted by atomic mass is 10.00. The van der Waals surface area contributed by atoms with Crippen molar-refractivity contribution in [2.75, 3.05) is 6.54 Å². The molecule has 0 saturated heterocycles. The average Bonchev–Trinajstić information content (AvgIpc) is 2.47. The first-order valence-electron chi connectivity index (χ1n) is 7.15. The summed E-state index contributed by atoms with van der Waals surface area (Å²) >= 11 is 0. The van der Waals surface area contributed by atoms with Crippen LogP contribution in [0.15, 0.2) is 42.5 Å². The SMILES string of the molecule is CCNC(C)Cc1ccc(-c2cc(F)cc(C#N)c2)cc1. The van der Waals surface area contributed by atoms with Crippen LogP contribution < -0.4 is 5.32 Å². The molecule has 0 aliphatic rings. The molecule has 0 fully saturated rings. The zero-order chi connectivity index (χ0) is 15.2. The Morgan fingerprint density at radius 2 is 1.86 bits per heavy atom. The van der Waals surface area contributed by atoms with Crippen LogP contribution in [-0.4, -0.2) is 12.6 Å². The van der Waals surface area contributed by atoms with Gasteiger partial charge in [0.25, 0.3) is 0 Å². The third kappa shape index (κ3) is 4.14. The van der Waals surface area contributed by atoms with Crippen molar-refractivity contribution in [3.8, 4) is 17.2 Å². The van der Waals surface area contributed by atoms with Gasteiger partial charge in [-0.2, -0.15) is 5.26 Å². The minimum Gasteiger partial charge on any atom is -0.314 e. The van der Waals surface area contributed by atoms with Gasteiger partial charge in [0.05, 0.1) is 11.6 Å². The molecule has 0 heterocycles. The van der Waals surface area contributed by atoms with E-state index in [0.29, 0.717) is 11.6 Å². The molecule has 0 radical (unpaired) electrons. The van der Waals surface area contributed by atoms with Crippen LogP contribution in [0.3, 0.4) is 0 Å². The van der Waals surface area contributed by atoms with Crippen molar-refractivity contribution >= 4 is 0 Å². The van der Waals surface area contributed by atoms with Crippen LogP contribution >= 0.6 is 0 Å². The number of benzene rings is 2. The predicted molar refractivity (Wildman–Crippen MR) is 83.4 cm³/mol. The van der Waals surface area contributed by atoms with Gasteiger partial charge in [0.1, 0.15) is 5.82 Å². The zero-order valence-electron chi connectivity index (χ0n) is 12.4. The number of likely N-dealkylation sites (N-methyl/N-ethyl adjacent to an activating group) is 1. The van der Waals surface area contributed by atoms with E-state index in [2.05, 4.69) is 31.3 Å². The maximum atomic E-state index is 13.5. The first-order valence-corrected chi connectivity index (χ1v) is 7.15. The van der Waals surface area contributed by atoms with E-state index in [1.807, 2.05) is 18.2 Å². The predicted octanol–water partition coefficient (Wildman–Crippen LogP) is 3.90. The van der Waals surface area contributed by atoms with Gasteiger partial charge in [-0.1, -0.05) is 31.2 Å². The van der Waals surface area contributed by atoms with Crippen LogP contribution in [0.5, 0.6) is 0 Å². The van der Waals surface area contributed by atoms with E-state index in [0.717, 1.165) is 24.1 Å². The molecular weight excluding hydrogens is 263 g/mol. The smallest absolute Gasteiger partial charge is 0.125 e. The monoisotopic (exact) mass is 282 g/mol.